The van der Waals surface area contributed by atoms with Gasteiger partial charge in [-0.15, -0.1) is 12.4 Å². The summed E-state index contributed by atoms with van der Waals surface area (Å²) in [7, 11) is 0. The number of carbonyl (C=O) groups is 1. The number of carbonyl (C=O) groups excluding carboxylic acids is 1. The summed E-state index contributed by atoms with van der Waals surface area (Å²) in [5, 5.41) is 0.162. The molecule has 0 aliphatic heterocycles. The van der Waals surface area contributed by atoms with Gasteiger partial charge in [0.05, 0.1) is 13.0 Å². The van der Waals surface area contributed by atoms with Gasteiger partial charge in [0, 0.05) is 16.6 Å². The van der Waals surface area contributed by atoms with E-state index in [1.165, 1.54) is 18.2 Å². The van der Waals surface area contributed by atoms with Gasteiger partial charge in [0.2, 0.25) is 0 Å². The third kappa shape index (κ3) is 5.48. The lowest BCUT2D eigenvalue weighted by atomic mass is 10.0. The topological polar surface area (TPSA) is 61.5 Å². The van der Waals surface area contributed by atoms with Crippen molar-refractivity contribution in [1.82, 2.24) is 0 Å². The molecule has 0 aliphatic carbocycles. The monoisotopic (exact) mass is 329 g/mol. The Labute approximate surface area is 126 Å². The van der Waals surface area contributed by atoms with Crippen LogP contribution in [-0.4, -0.2) is 19.2 Å². The van der Waals surface area contributed by atoms with E-state index in [0.717, 1.165) is 0 Å². The van der Waals surface area contributed by atoms with Crippen LogP contribution in [0.15, 0.2) is 18.2 Å². The first-order chi connectivity index (χ1) is 8.95. The Kier molecular flexibility index (Phi) is 8.45. The quantitative estimate of drug-likeness (QED) is 0.813. The van der Waals surface area contributed by atoms with Crippen molar-refractivity contribution in [2.45, 2.75) is 26.0 Å². The van der Waals surface area contributed by atoms with E-state index in [0.29, 0.717) is 0 Å². The number of nitrogens with two attached hydrogens (primary N) is 1. The molecule has 20 heavy (non-hydrogen) atoms. The number of hydrogen-bond acceptors (Lipinski definition) is 4. The van der Waals surface area contributed by atoms with Crippen LogP contribution in [0.3, 0.4) is 0 Å². The Morgan fingerprint density at radius 2 is 2.10 bits per heavy atom. The molecule has 0 spiro atoms. The Morgan fingerprint density at radius 1 is 1.45 bits per heavy atom. The van der Waals surface area contributed by atoms with Crippen LogP contribution in [0.25, 0.3) is 0 Å². The molecule has 0 fully saturated rings. The van der Waals surface area contributed by atoms with Gasteiger partial charge >= 0.3 is 12.6 Å². The van der Waals surface area contributed by atoms with Crippen LogP contribution in [0.5, 0.6) is 5.75 Å². The summed E-state index contributed by atoms with van der Waals surface area (Å²) in [6.07, 6.45) is -0.169. The molecule has 0 aliphatic rings. The molecule has 1 aromatic carbocycles. The number of esters is 1. The van der Waals surface area contributed by atoms with Crippen LogP contribution in [0.1, 0.15) is 24.9 Å². The minimum absolute atomic E-state index is 0. The van der Waals surface area contributed by atoms with Crippen LogP contribution >= 0.6 is 24.0 Å². The molecule has 8 heteroatoms. The van der Waals surface area contributed by atoms with Crippen molar-refractivity contribution < 1.29 is 23.0 Å². The second-order valence-corrected chi connectivity index (χ2v) is 4.05. The molecule has 1 atom stereocenters. The van der Waals surface area contributed by atoms with E-state index in [2.05, 4.69) is 4.74 Å². The largest absolute Gasteiger partial charge is 0.466 e. The number of rotatable bonds is 6. The average Bonchev–Trinajstić information content (AvgIpc) is 2.27. The van der Waals surface area contributed by atoms with Crippen LogP contribution in [0.2, 0.25) is 5.02 Å². The molecule has 114 valence electrons. The van der Waals surface area contributed by atoms with Crippen molar-refractivity contribution in [3.63, 3.8) is 0 Å². The summed E-state index contributed by atoms with van der Waals surface area (Å²) < 4.78 is 33.6. The zero-order valence-electron chi connectivity index (χ0n) is 10.6. The van der Waals surface area contributed by atoms with Crippen LogP contribution < -0.4 is 10.5 Å². The van der Waals surface area contributed by atoms with Crippen molar-refractivity contribution >= 4 is 30.0 Å². The average molecular weight is 330 g/mol. The highest BCUT2D eigenvalue weighted by molar-refractivity contribution is 6.31. The minimum atomic E-state index is -2.99. The van der Waals surface area contributed by atoms with Crippen molar-refractivity contribution in [1.29, 1.82) is 0 Å². The van der Waals surface area contributed by atoms with Gasteiger partial charge in [0.1, 0.15) is 5.75 Å². The Hall–Kier alpha value is -1.11. The standard InChI is InChI=1S/C12H14ClF2NO3.ClH/c1-2-18-10(17)6-8(16)11-7(13)4-3-5-9(11)19-12(14)15;/h3-5,8,12H,2,6,16H2,1H3;1H. The molecule has 1 rings (SSSR count). The van der Waals surface area contributed by atoms with Crippen LogP contribution in [-0.2, 0) is 9.53 Å². The number of hydrogen-bond donors (Lipinski definition) is 1. The van der Waals surface area contributed by atoms with Gasteiger partial charge in [-0.3, -0.25) is 4.79 Å². The highest BCUT2D eigenvalue weighted by Crippen LogP contribution is 2.33. The number of halogens is 4. The first-order valence-electron chi connectivity index (χ1n) is 5.60. The molecule has 4 nitrogen and oxygen atoms in total. The number of alkyl halides is 2. The molecule has 0 heterocycles. The summed E-state index contributed by atoms with van der Waals surface area (Å²) in [6.45, 7) is -1.12. The lowest BCUT2D eigenvalue weighted by Crippen LogP contribution is -2.19. The fraction of sp³-hybridized carbons (Fsp3) is 0.417. The molecular weight excluding hydrogens is 315 g/mol. The molecule has 1 aromatic rings. The van der Waals surface area contributed by atoms with E-state index in [-0.39, 0.29) is 41.8 Å². The van der Waals surface area contributed by atoms with Gasteiger partial charge in [0.15, 0.2) is 0 Å². The van der Waals surface area contributed by atoms with Crippen molar-refractivity contribution in [2.75, 3.05) is 6.61 Å². The van der Waals surface area contributed by atoms with Crippen molar-refractivity contribution in [2.24, 2.45) is 5.73 Å². The van der Waals surface area contributed by atoms with E-state index in [9.17, 15) is 13.6 Å². The molecule has 0 radical (unpaired) electrons. The molecule has 1 unspecified atom stereocenters. The van der Waals surface area contributed by atoms with Crippen LogP contribution in [0, 0.1) is 0 Å². The minimum Gasteiger partial charge on any atom is -0.466 e. The molecular formula is C12H15Cl2F2NO3. The molecule has 0 aromatic heterocycles. The second-order valence-electron chi connectivity index (χ2n) is 3.65. The Balaban J connectivity index is 0.00000361. The molecule has 2 N–H and O–H groups in total. The van der Waals surface area contributed by atoms with Crippen LogP contribution in [0.4, 0.5) is 8.78 Å². The van der Waals surface area contributed by atoms with Crippen molar-refractivity contribution in [3.05, 3.63) is 28.8 Å². The molecule has 0 amide bonds. The fourth-order valence-electron chi connectivity index (χ4n) is 1.58. The zero-order valence-corrected chi connectivity index (χ0v) is 12.2. The van der Waals surface area contributed by atoms with Crippen molar-refractivity contribution in [3.8, 4) is 5.75 Å². The van der Waals surface area contributed by atoms with Gasteiger partial charge in [0.25, 0.3) is 0 Å². The second kappa shape index (κ2) is 8.94. The fourth-order valence-corrected chi connectivity index (χ4v) is 1.88. The SMILES string of the molecule is CCOC(=O)CC(N)c1c(Cl)cccc1OC(F)F.Cl. The summed E-state index contributed by atoms with van der Waals surface area (Å²) in [4.78, 5) is 11.3. The number of ether oxygens (including phenoxy) is 2. The van der Waals surface area contributed by atoms with E-state index in [4.69, 9.17) is 22.1 Å². The first-order valence-corrected chi connectivity index (χ1v) is 5.98. The van der Waals surface area contributed by atoms with Gasteiger partial charge < -0.3 is 15.2 Å². The smallest absolute Gasteiger partial charge is 0.387 e. The van der Waals surface area contributed by atoms with E-state index in [1.54, 1.807) is 6.92 Å². The third-order valence-corrected chi connectivity index (χ3v) is 2.62. The van der Waals surface area contributed by atoms with E-state index < -0.39 is 18.6 Å². The highest BCUT2D eigenvalue weighted by Gasteiger charge is 2.21. The van der Waals surface area contributed by atoms with E-state index >= 15 is 0 Å². The summed E-state index contributed by atoms with van der Waals surface area (Å²) in [5.41, 5.74) is 5.96. The lowest BCUT2D eigenvalue weighted by Gasteiger charge is -2.17. The zero-order chi connectivity index (χ0) is 14.4. The summed E-state index contributed by atoms with van der Waals surface area (Å²) in [5.74, 6) is -0.669. The van der Waals surface area contributed by atoms with Gasteiger partial charge in [-0.1, -0.05) is 17.7 Å². The van der Waals surface area contributed by atoms with Gasteiger partial charge in [-0.25, -0.2) is 0 Å². The molecule has 0 bridgehead atoms. The molecule has 0 saturated carbocycles. The highest BCUT2D eigenvalue weighted by atomic mass is 35.5. The maximum Gasteiger partial charge on any atom is 0.387 e. The molecule has 0 saturated heterocycles. The third-order valence-electron chi connectivity index (χ3n) is 2.29. The predicted molar refractivity (Wildman–Crippen MR) is 73.5 cm³/mol. The van der Waals surface area contributed by atoms with E-state index in [1.807, 2.05) is 0 Å². The normalized spacial score (nSPS) is 11.7. The lowest BCUT2D eigenvalue weighted by molar-refractivity contribution is -0.143. The maximum absolute atomic E-state index is 12.3. The Bertz CT molecular complexity index is 447. The maximum atomic E-state index is 12.3. The summed E-state index contributed by atoms with van der Waals surface area (Å²) in [6, 6.07) is 3.39. The Morgan fingerprint density at radius 3 is 2.65 bits per heavy atom. The number of benzene rings is 1. The first kappa shape index (κ1) is 18.9. The summed E-state index contributed by atoms with van der Waals surface area (Å²) >= 11 is 5.91. The van der Waals surface area contributed by atoms with Gasteiger partial charge in [-0.05, 0) is 19.1 Å². The predicted octanol–water partition coefficient (Wildman–Crippen LogP) is 3.32. The van der Waals surface area contributed by atoms with Gasteiger partial charge in [-0.2, -0.15) is 8.78 Å².